The zero-order valence-corrected chi connectivity index (χ0v) is 19.0. The Labute approximate surface area is 184 Å². The molecule has 0 fully saturated rings. The van der Waals surface area contributed by atoms with Gasteiger partial charge in [0, 0.05) is 30.9 Å². The standard InChI is InChI=1S/C25H31N3O3/c1-6-17(3)23-25(30)28(16-22(29)31-7-2)21-14-13-19(27(4)5)15-20(21)24(26-23)18-11-9-8-10-12-18/h8-15,17,23H,6-7,16H2,1-5H3/t17?,23-/m0/s1. The van der Waals surface area contributed by atoms with Gasteiger partial charge in [0.05, 0.1) is 18.0 Å². The lowest BCUT2D eigenvalue weighted by Gasteiger charge is -2.27. The number of anilines is 2. The molecule has 0 aliphatic carbocycles. The molecular weight excluding hydrogens is 390 g/mol. The number of rotatable bonds is 7. The second kappa shape index (κ2) is 9.77. The van der Waals surface area contributed by atoms with E-state index in [9.17, 15) is 9.59 Å². The number of hydrogen-bond acceptors (Lipinski definition) is 5. The van der Waals surface area contributed by atoms with Crippen molar-refractivity contribution in [1.29, 1.82) is 0 Å². The molecule has 0 N–H and O–H groups in total. The molecule has 1 heterocycles. The van der Waals surface area contributed by atoms with Crippen LogP contribution in [0.3, 0.4) is 0 Å². The first-order valence-electron chi connectivity index (χ1n) is 10.8. The third-order valence-corrected chi connectivity index (χ3v) is 5.65. The van der Waals surface area contributed by atoms with Gasteiger partial charge in [-0.2, -0.15) is 0 Å². The molecule has 0 aromatic heterocycles. The van der Waals surface area contributed by atoms with Gasteiger partial charge in [-0.3, -0.25) is 19.5 Å². The van der Waals surface area contributed by atoms with Crippen molar-refractivity contribution in [2.24, 2.45) is 10.9 Å². The molecule has 0 saturated carbocycles. The molecule has 2 aromatic carbocycles. The number of aliphatic imine (C=N–C) groups is 1. The van der Waals surface area contributed by atoms with Crippen LogP contribution in [0.15, 0.2) is 53.5 Å². The van der Waals surface area contributed by atoms with Crippen LogP contribution in [0.25, 0.3) is 0 Å². The average molecular weight is 422 g/mol. The van der Waals surface area contributed by atoms with Crippen LogP contribution >= 0.6 is 0 Å². The summed E-state index contributed by atoms with van der Waals surface area (Å²) in [5, 5.41) is 0. The Balaban J connectivity index is 2.25. The third kappa shape index (κ3) is 4.79. The van der Waals surface area contributed by atoms with E-state index >= 15 is 0 Å². The molecule has 31 heavy (non-hydrogen) atoms. The normalized spacial score (nSPS) is 16.8. The second-order valence-electron chi connectivity index (χ2n) is 8.00. The predicted molar refractivity (Wildman–Crippen MR) is 125 cm³/mol. The van der Waals surface area contributed by atoms with E-state index in [2.05, 4.69) is 0 Å². The first-order chi connectivity index (χ1) is 14.9. The summed E-state index contributed by atoms with van der Waals surface area (Å²) in [6.07, 6.45) is 0.800. The van der Waals surface area contributed by atoms with Gasteiger partial charge in [0.15, 0.2) is 0 Å². The van der Waals surface area contributed by atoms with Gasteiger partial charge in [-0.05, 0) is 31.0 Å². The Hall–Kier alpha value is -3.15. The van der Waals surface area contributed by atoms with E-state index in [-0.39, 0.29) is 25.0 Å². The topological polar surface area (TPSA) is 62.2 Å². The highest BCUT2D eigenvalue weighted by Crippen LogP contribution is 2.33. The van der Waals surface area contributed by atoms with Crippen molar-refractivity contribution in [1.82, 2.24) is 0 Å². The zero-order valence-electron chi connectivity index (χ0n) is 19.0. The third-order valence-electron chi connectivity index (χ3n) is 5.65. The van der Waals surface area contributed by atoms with E-state index < -0.39 is 12.0 Å². The van der Waals surface area contributed by atoms with Crippen LogP contribution in [0.4, 0.5) is 11.4 Å². The molecule has 1 aliphatic rings. The van der Waals surface area contributed by atoms with Crippen molar-refractivity contribution >= 4 is 29.0 Å². The maximum atomic E-state index is 13.6. The number of carbonyl (C=O) groups is 2. The number of fused-ring (bicyclic) bond motifs is 1. The fraction of sp³-hybridized carbons (Fsp3) is 0.400. The van der Waals surface area contributed by atoms with Gasteiger partial charge in [0.25, 0.3) is 5.91 Å². The summed E-state index contributed by atoms with van der Waals surface area (Å²) in [7, 11) is 3.95. The summed E-state index contributed by atoms with van der Waals surface area (Å²) in [6, 6.07) is 15.2. The maximum absolute atomic E-state index is 13.6. The fourth-order valence-electron chi connectivity index (χ4n) is 3.69. The Kier molecular flexibility index (Phi) is 7.10. The van der Waals surface area contributed by atoms with E-state index in [0.29, 0.717) is 5.69 Å². The van der Waals surface area contributed by atoms with Crippen molar-refractivity contribution < 1.29 is 14.3 Å². The number of benzodiazepines with no additional fused rings is 1. The number of amides is 1. The summed E-state index contributed by atoms with van der Waals surface area (Å²) < 4.78 is 5.17. The molecular formula is C25H31N3O3. The van der Waals surface area contributed by atoms with Crippen LogP contribution in [-0.2, 0) is 14.3 Å². The molecule has 6 heteroatoms. The molecule has 164 valence electrons. The van der Waals surface area contributed by atoms with Crippen molar-refractivity contribution in [2.75, 3.05) is 37.0 Å². The van der Waals surface area contributed by atoms with Gasteiger partial charge < -0.3 is 9.64 Å². The lowest BCUT2D eigenvalue weighted by atomic mass is 9.97. The number of ether oxygens (including phenoxy) is 1. The average Bonchev–Trinajstić information content (AvgIpc) is 2.88. The highest BCUT2D eigenvalue weighted by atomic mass is 16.5. The number of carbonyl (C=O) groups excluding carboxylic acids is 2. The molecule has 6 nitrogen and oxygen atoms in total. The number of benzene rings is 2. The van der Waals surface area contributed by atoms with Crippen LogP contribution in [0.1, 0.15) is 38.3 Å². The summed E-state index contributed by atoms with van der Waals surface area (Å²) in [6.45, 7) is 5.98. The summed E-state index contributed by atoms with van der Waals surface area (Å²) in [5.74, 6) is -0.574. The number of nitrogens with zero attached hydrogens (tertiary/aromatic N) is 3. The first kappa shape index (κ1) is 22.5. The van der Waals surface area contributed by atoms with Gasteiger partial charge in [-0.25, -0.2) is 0 Å². The summed E-state index contributed by atoms with van der Waals surface area (Å²) >= 11 is 0. The Bertz CT molecular complexity index is 969. The summed E-state index contributed by atoms with van der Waals surface area (Å²) in [4.78, 5) is 34.6. The fourth-order valence-corrected chi connectivity index (χ4v) is 3.69. The van der Waals surface area contributed by atoms with Gasteiger partial charge >= 0.3 is 5.97 Å². The van der Waals surface area contributed by atoms with Gasteiger partial charge in [0.2, 0.25) is 0 Å². The van der Waals surface area contributed by atoms with Crippen LogP contribution in [-0.4, -0.2) is 50.9 Å². The number of esters is 1. The second-order valence-corrected chi connectivity index (χ2v) is 8.00. The van der Waals surface area contributed by atoms with Crippen molar-refractivity contribution in [3.63, 3.8) is 0 Å². The highest BCUT2D eigenvalue weighted by molar-refractivity contribution is 6.21. The van der Waals surface area contributed by atoms with Crippen LogP contribution in [0.2, 0.25) is 0 Å². The minimum atomic E-state index is -0.579. The minimum Gasteiger partial charge on any atom is -0.465 e. The molecule has 2 aromatic rings. The first-order valence-corrected chi connectivity index (χ1v) is 10.8. The summed E-state index contributed by atoms with van der Waals surface area (Å²) in [5.41, 5.74) is 4.22. The molecule has 2 atom stereocenters. The molecule has 0 radical (unpaired) electrons. The van der Waals surface area contributed by atoms with Gasteiger partial charge in [-0.15, -0.1) is 0 Å². The van der Waals surface area contributed by atoms with E-state index in [4.69, 9.17) is 9.73 Å². The minimum absolute atomic E-state index is 0.0264. The van der Waals surface area contributed by atoms with E-state index in [1.807, 2.05) is 81.4 Å². The Morgan fingerprint density at radius 2 is 1.87 bits per heavy atom. The maximum Gasteiger partial charge on any atom is 0.326 e. The Morgan fingerprint density at radius 1 is 1.16 bits per heavy atom. The smallest absolute Gasteiger partial charge is 0.326 e. The van der Waals surface area contributed by atoms with Crippen LogP contribution in [0, 0.1) is 5.92 Å². The van der Waals surface area contributed by atoms with Crippen LogP contribution < -0.4 is 9.80 Å². The SMILES string of the molecule is CCOC(=O)CN1C(=O)[C@H](C(C)CC)N=C(c2ccccc2)c2cc(N(C)C)ccc21. The van der Waals surface area contributed by atoms with Gasteiger partial charge in [0.1, 0.15) is 12.6 Å². The van der Waals surface area contributed by atoms with E-state index in [1.54, 1.807) is 11.8 Å². The van der Waals surface area contributed by atoms with Crippen molar-refractivity contribution in [3.05, 3.63) is 59.7 Å². The largest absolute Gasteiger partial charge is 0.465 e. The lowest BCUT2D eigenvalue weighted by Crippen LogP contribution is -2.43. The lowest BCUT2D eigenvalue weighted by molar-refractivity contribution is -0.142. The van der Waals surface area contributed by atoms with Crippen LogP contribution in [0.5, 0.6) is 0 Å². The zero-order chi connectivity index (χ0) is 22.5. The van der Waals surface area contributed by atoms with E-state index in [0.717, 1.165) is 28.9 Å². The molecule has 3 rings (SSSR count). The molecule has 1 amide bonds. The molecule has 0 spiro atoms. The monoisotopic (exact) mass is 421 g/mol. The van der Waals surface area contributed by atoms with Crippen molar-refractivity contribution in [3.8, 4) is 0 Å². The molecule has 1 unspecified atom stereocenters. The highest BCUT2D eigenvalue weighted by Gasteiger charge is 2.36. The van der Waals surface area contributed by atoms with Gasteiger partial charge in [-0.1, -0.05) is 50.6 Å². The number of hydrogen-bond donors (Lipinski definition) is 0. The Morgan fingerprint density at radius 3 is 2.48 bits per heavy atom. The molecule has 0 bridgehead atoms. The molecule has 1 aliphatic heterocycles. The van der Waals surface area contributed by atoms with E-state index in [1.165, 1.54) is 0 Å². The quantitative estimate of drug-likeness (QED) is 0.636. The van der Waals surface area contributed by atoms with Crippen molar-refractivity contribution in [2.45, 2.75) is 33.2 Å². The molecule has 0 saturated heterocycles. The predicted octanol–water partition coefficient (Wildman–Crippen LogP) is 3.91.